The first-order valence-electron chi connectivity index (χ1n) is 8.07. The van der Waals surface area contributed by atoms with Crippen molar-refractivity contribution in [3.8, 4) is 5.69 Å². The van der Waals surface area contributed by atoms with E-state index in [4.69, 9.17) is 0 Å². The lowest BCUT2D eigenvalue weighted by atomic mass is 10.2. The predicted molar refractivity (Wildman–Crippen MR) is 91.1 cm³/mol. The molecule has 2 amide bonds. The fourth-order valence-electron chi connectivity index (χ4n) is 3.21. The van der Waals surface area contributed by atoms with Crippen LogP contribution in [0.25, 0.3) is 5.69 Å². The van der Waals surface area contributed by atoms with Crippen molar-refractivity contribution in [2.24, 2.45) is 0 Å². The quantitative estimate of drug-likeness (QED) is 0.729. The molecule has 0 atom stereocenters. The molecule has 26 heavy (non-hydrogen) atoms. The number of nitrogens with one attached hydrogen (secondary N) is 1. The minimum atomic E-state index is -3.68. The Morgan fingerprint density at radius 2 is 2.00 bits per heavy atom. The molecule has 0 radical (unpaired) electrons. The van der Waals surface area contributed by atoms with Gasteiger partial charge in [-0.25, -0.2) is 13.4 Å². The number of rotatable bonds is 1. The number of fused-ring (bicyclic) bond motifs is 3. The molecule has 1 saturated heterocycles. The first-order chi connectivity index (χ1) is 12.4. The van der Waals surface area contributed by atoms with Crippen LogP contribution in [0.2, 0.25) is 0 Å². The molecule has 10 heteroatoms. The minimum Gasteiger partial charge on any atom is -0.353 e. The maximum absolute atomic E-state index is 12.9. The van der Waals surface area contributed by atoms with E-state index in [1.807, 2.05) is 0 Å². The van der Waals surface area contributed by atoms with Crippen LogP contribution >= 0.6 is 0 Å². The molecular formula is C16H17N5O4S. The number of hydrogen-bond acceptors (Lipinski definition) is 5. The molecule has 4 rings (SSSR count). The molecule has 1 fully saturated rings. The molecule has 0 bridgehead atoms. The van der Waals surface area contributed by atoms with Crippen molar-refractivity contribution in [2.45, 2.75) is 11.4 Å². The summed E-state index contributed by atoms with van der Waals surface area (Å²) in [5, 5.41) is 2.67. The smallest absolute Gasteiger partial charge is 0.274 e. The highest BCUT2D eigenvalue weighted by Crippen LogP contribution is 2.30. The van der Waals surface area contributed by atoms with Gasteiger partial charge in [-0.05, 0) is 12.1 Å². The van der Waals surface area contributed by atoms with Gasteiger partial charge < -0.3 is 10.2 Å². The van der Waals surface area contributed by atoms with Gasteiger partial charge in [0.25, 0.3) is 5.91 Å². The van der Waals surface area contributed by atoms with E-state index in [1.54, 1.807) is 22.8 Å². The molecule has 1 N–H and O–H groups in total. The lowest BCUT2D eigenvalue weighted by Crippen LogP contribution is -2.50. The van der Waals surface area contributed by atoms with Crippen LogP contribution in [0.5, 0.6) is 0 Å². The van der Waals surface area contributed by atoms with Crippen molar-refractivity contribution in [3.05, 3.63) is 42.0 Å². The first kappa shape index (κ1) is 16.7. The number of nitrogens with zero attached hydrogens (tertiary/aromatic N) is 4. The highest BCUT2D eigenvalue weighted by molar-refractivity contribution is 7.89. The highest BCUT2D eigenvalue weighted by atomic mass is 32.2. The van der Waals surface area contributed by atoms with Crippen LogP contribution in [0, 0.1) is 0 Å². The van der Waals surface area contributed by atoms with Crippen molar-refractivity contribution in [2.75, 3.05) is 26.7 Å². The van der Waals surface area contributed by atoms with Crippen LogP contribution in [-0.4, -0.2) is 65.7 Å². The summed E-state index contributed by atoms with van der Waals surface area (Å²) < 4.78 is 28.4. The van der Waals surface area contributed by atoms with Crippen molar-refractivity contribution in [1.82, 2.24) is 24.1 Å². The van der Waals surface area contributed by atoms with Gasteiger partial charge >= 0.3 is 0 Å². The summed E-state index contributed by atoms with van der Waals surface area (Å²) in [5.74, 6) is -0.598. The number of para-hydroxylation sites is 1. The molecule has 136 valence electrons. The Bertz CT molecular complexity index is 1010. The van der Waals surface area contributed by atoms with Crippen LogP contribution in [0.15, 0.2) is 35.5 Å². The van der Waals surface area contributed by atoms with Crippen molar-refractivity contribution >= 4 is 21.8 Å². The van der Waals surface area contributed by atoms with Crippen LogP contribution in [0.1, 0.15) is 16.2 Å². The molecule has 9 nitrogen and oxygen atoms in total. The summed E-state index contributed by atoms with van der Waals surface area (Å²) in [4.78, 5) is 30.3. The van der Waals surface area contributed by atoms with Crippen LogP contribution in [0.4, 0.5) is 0 Å². The zero-order valence-electron chi connectivity index (χ0n) is 14.0. The number of aromatic nitrogens is 2. The largest absolute Gasteiger partial charge is 0.353 e. The third-order valence-electron chi connectivity index (χ3n) is 4.58. The van der Waals surface area contributed by atoms with Gasteiger partial charge in [-0.1, -0.05) is 12.1 Å². The van der Waals surface area contributed by atoms with E-state index in [9.17, 15) is 18.0 Å². The molecule has 2 aliphatic heterocycles. The first-order valence-corrected chi connectivity index (χ1v) is 9.51. The number of sulfonamides is 1. The Hall–Kier alpha value is -2.72. The van der Waals surface area contributed by atoms with Gasteiger partial charge in [-0.15, -0.1) is 0 Å². The zero-order valence-corrected chi connectivity index (χ0v) is 14.9. The third-order valence-corrected chi connectivity index (χ3v) is 6.43. The number of benzene rings is 1. The third kappa shape index (κ3) is 2.49. The topological polar surface area (TPSA) is 105 Å². The Kier molecular flexibility index (Phi) is 3.81. The van der Waals surface area contributed by atoms with Gasteiger partial charge in [0.2, 0.25) is 15.9 Å². The van der Waals surface area contributed by atoms with E-state index >= 15 is 0 Å². The van der Waals surface area contributed by atoms with Gasteiger partial charge in [-0.2, -0.15) is 4.31 Å². The summed E-state index contributed by atoms with van der Waals surface area (Å²) in [7, 11) is -2.21. The molecular weight excluding hydrogens is 358 g/mol. The Labute approximate surface area is 150 Å². The standard InChI is InChI=1S/C16H17N5O4S/c1-19-8-12-15(16(23)20-7-6-17-14(22)9-20)18-10-21(12)11-4-2-3-5-13(11)26(19,24)25/h2-5,10H,6-9H2,1H3,(H,17,22). The van der Waals surface area contributed by atoms with Crippen LogP contribution < -0.4 is 5.32 Å². The lowest BCUT2D eigenvalue weighted by molar-refractivity contribution is -0.123. The number of hydrogen-bond donors (Lipinski definition) is 1. The van der Waals surface area contributed by atoms with E-state index in [0.29, 0.717) is 24.5 Å². The van der Waals surface area contributed by atoms with Gasteiger partial charge in [-0.3, -0.25) is 14.2 Å². The number of piperazine rings is 1. The molecule has 0 saturated carbocycles. The summed E-state index contributed by atoms with van der Waals surface area (Å²) in [5.41, 5.74) is 1.10. The van der Waals surface area contributed by atoms with Crippen molar-refractivity contribution in [1.29, 1.82) is 0 Å². The highest BCUT2D eigenvalue weighted by Gasteiger charge is 2.34. The molecule has 1 aromatic carbocycles. The summed E-state index contributed by atoms with van der Waals surface area (Å²) in [6.07, 6.45) is 1.46. The molecule has 0 unspecified atom stereocenters. The van der Waals surface area contributed by atoms with Crippen LogP contribution in [0.3, 0.4) is 0 Å². The lowest BCUT2D eigenvalue weighted by Gasteiger charge is -2.26. The van der Waals surface area contributed by atoms with Crippen molar-refractivity contribution in [3.63, 3.8) is 0 Å². The minimum absolute atomic E-state index is 0.0120. The van der Waals surface area contributed by atoms with Crippen molar-refractivity contribution < 1.29 is 18.0 Å². The second kappa shape index (κ2) is 5.92. The average Bonchev–Trinajstić information content (AvgIpc) is 3.01. The SMILES string of the molecule is CN1Cc2c(C(=O)N3CCNC(=O)C3)ncn2-c2ccccc2S1(=O)=O. The summed E-state index contributed by atoms with van der Waals surface area (Å²) >= 11 is 0. The van der Waals surface area contributed by atoms with Gasteiger partial charge in [0, 0.05) is 20.1 Å². The maximum Gasteiger partial charge on any atom is 0.274 e. The second-order valence-electron chi connectivity index (χ2n) is 6.22. The fraction of sp³-hybridized carbons (Fsp3) is 0.312. The monoisotopic (exact) mass is 375 g/mol. The molecule has 0 aliphatic carbocycles. The van der Waals surface area contributed by atoms with Gasteiger partial charge in [0.1, 0.15) is 11.2 Å². The second-order valence-corrected chi connectivity index (χ2v) is 8.23. The average molecular weight is 375 g/mol. The fourth-order valence-corrected chi connectivity index (χ4v) is 4.52. The Morgan fingerprint density at radius 1 is 1.23 bits per heavy atom. The molecule has 1 aromatic heterocycles. The van der Waals surface area contributed by atoms with E-state index in [-0.39, 0.29) is 35.5 Å². The maximum atomic E-state index is 12.9. The van der Waals surface area contributed by atoms with E-state index < -0.39 is 10.0 Å². The normalized spacial score (nSPS) is 19.3. The molecule has 2 aromatic rings. The van der Waals surface area contributed by atoms with Gasteiger partial charge in [0.15, 0.2) is 5.69 Å². The van der Waals surface area contributed by atoms with E-state index in [0.717, 1.165) is 0 Å². The van der Waals surface area contributed by atoms with E-state index in [2.05, 4.69) is 10.3 Å². The molecule has 3 heterocycles. The Balaban J connectivity index is 1.82. The number of carbonyl (C=O) groups is 2. The number of imidazole rings is 1. The van der Waals surface area contributed by atoms with Gasteiger partial charge in [0.05, 0.1) is 24.5 Å². The summed E-state index contributed by atoms with van der Waals surface area (Å²) in [6, 6.07) is 6.61. The summed E-state index contributed by atoms with van der Waals surface area (Å²) in [6.45, 7) is 0.757. The van der Waals surface area contributed by atoms with Crippen LogP contribution in [-0.2, 0) is 21.4 Å². The zero-order chi connectivity index (χ0) is 18.5. The molecule has 0 spiro atoms. The number of amides is 2. The Morgan fingerprint density at radius 3 is 2.77 bits per heavy atom. The van der Waals surface area contributed by atoms with E-state index in [1.165, 1.54) is 28.6 Å². The molecule has 2 aliphatic rings. The number of carbonyl (C=O) groups excluding carboxylic acids is 2. The predicted octanol–water partition coefficient (Wildman–Crippen LogP) is -0.422.